The Kier molecular flexibility index (Phi) is 6.02. The van der Waals surface area contributed by atoms with E-state index in [0.717, 1.165) is 18.0 Å². The van der Waals surface area contributed by atoms with Crippen molar-refractivity contribution in [3.63, 3.8) is 0 Å². The molecule has 0 saturated heterocycles. The van der Waals surface area contributed by atoms with Crippen molar-refractivity contribution in [3.05, 3.63) is 41.1 Å². The van der Waals surface area contributed by atoms with Gasteiger partial charge in [0.2, 0.25) is 0 Å². The second-order valence-corrected chi connectivity index (χ2v) is 8.84. The summed E-state index contributed by atoms with van der Waals surface area (Å²) in [6.45, 7) is 0.378. The molecule has 0 unspecified atom stereocenters. The molecule has 0 fully saturated rings. The predicted molar refractivity (Wildman–Crippen MR) is 93.8 cm³/mol. The highest BCUT2D eigenvalue weighted by molar-refractivity contribution is 9.12. The molecule has 1 N–H and O–H groups in total. The number of hydrogen-bond acceptors (Lipinski definition) is 4. The van der Waals surface area contributed by atoms with Crippen LogP contribution < -0.4 is 0 Å². The first kappa shape index (κ1) is 16.7. The molecule has 0 aliphatic rings. The zero-order chi connectivity index (χ0) is 15.4. The minimum atomic E-state index is -0.146. The molecule has 21 heavy (non-hydrogen) atoms. The average Bonchev–Trinajstić information content (AvgIpc) is 3.02. The van der Waals surface area contributed by atoms with Crippen LogP contribution in [-0.2, 0) is 6.54 Å². The third-order valence-electron chi connectivity index (χ3n) is 2.60. The van der Waals surface area contributed by atoms with E-state index in [2.05, 4.69) is 43.7 Å². The number of nitrogens with zero attached hydrogens (tertiary/aromatic N) is 1. The van der Waals surface area contributed by atoms with Gasteiger partial charge in [-0.15, -0.1) is 22.7 Å². The van der Waals surface area contributed by atoms with Crippen LogP contribution in [0.3, 0.4) is 0 Å². The van der Waals surface area contributed by atoms with E-state index in [1.165, 1.54) is 22.7 Å². The largest absolute Gasteiger partial charge is 0.384 e. The van der Waals surface area contributed by atoms with E-state index >= 15 is 0 Å². The summed E-state index contributed by atoms with van der Waals surface area (Å²) in [5.74, 6) is 5.45. The number of aliphatic hydroxyl groups excluding tert-OH is 1. The van der Waals surface area contributed by atoms with Crippen LogP contribution in [0.15, 0.2) is 25.1 Å². The van der Waals surface area contributed by atoms with Crippen LogP contribution in [-0.4, -0.2) is 29.6 Å². The number of amides is 1. The Morgan fingerprint density at radius 2 is 2.19 bits per heavy atom. The van der Waals surface area contributed by atoms with E-state index in [-0.39, 0.29) is 12.5 Å². The Bertz CT molecular complexity index is 712. The van der Waals surface area contributed by atoms with Gasteiger partial charge in [0.1, 0.15) is 6.61 Å². The lowest BCUT2D eigenvalue weighted by atomic mass is 10.2. The molecule has 0 aliphatic heterocycles. The fraction of sp³-hybridized carbons (Fsp3) is 0.214. The molecule has 2 aromatic heterocycles. The number of thiophene rings is 2. The lowest BCUT2D eigenvalue weighted by Gasteiger charge is -2.15. The van der Waals surface area contributed by atoms with Crippen LogP contribution in [0.4, 0.5) is 0 Å². The number of rotatable bonds is 3. The summed E-state index contributed by atoms with van der Waals surface area (Å²) in [4.78, 5) is 14.9. The molecule has 2 aromatic rings. The van der Waals surface area contributed by atoms with Crippen molar-refractivity contribution < 1.29 is 9.90 Å². The number of aliphatic hydroxyl groups is 1. The number of carbonyl (C=O) groups is 1. The van der Waals surface area contributed by atoms with Crippen molar-refractivity contribution in [2.75, 3.05) is 13.7 Å². The van der Waals surface area contributed by atoms with E-state index in [1.54, 1.807) is 11.9 Å². The van der Waals surface area contributed by atoms with Crippen LogP contribution in [0.1, 0.15) is 20.8 Å². The van der Waals surface area contributed by atoms with Gasteiger partial charge < -0.3 is 10.0 Å². The minimum Gasteiger partial charge on any atom is -0.384 e. The second-order valence-electron chi connectivity index (χ2n) is 4.18. The number of hydrogen-bond donors (Lipinski definition) is 1. The van der Waals surface area contributed by atoms with Crippen LogP contribution in [0.2, 0.25) is 0 Å². The van der Waals surface area contributed by atoms with Crippen LogP contribution in [0.5, 0.6) is 0 Å². The highest BCUT2D eigenvalue weighted by Crippen LogP contribution is 2.32. The molecule has 7 heteroatoms. The van der Waals surface area contributed by atoms with Gasteiger partial charge in [-0.3, -0.25) is 4.79 Å². The van der Waals surface area contributed by atoms with Crippen molar-refractivity contribution in [2.24, 2.45) is 0 Å². The predicted octanol–water partition coefficient (Wildman–Crippen LogP) is 3.95. The summed E-state index contributed by atoms with van der Waals surface area (Å²) in [5.41, 5.74) is 1.69. The molecule has 0 atom stereocenters. The summed E-state index contributed by atoms with van der Waals surface area (Å²) in [7, 11) is 1.77. The highest BCUT2D eigenvalue weighted by atomic mass is 79.9. The van der Waals surface area contributed by atoms with Crippen molar-refractivity contribution in [3.8, 4) is 11.8 Å². The first-order chi connectivity index (χ1) is 10.0. The van der Waals surface area contributed by atoms with Gasteiger partial charge in [0.05, 0.1) is 18.0 Å². The Balaban J connectivity index is 2.07. The standard InChI is InChI=1S/C14H11Br2NO2S2/c1-17(14(19)11-6-12(15)21-13(11)16)7-9-5-10(20-8-9)3-2-4-18/h5-6,8,18H,4,7H2,1H3. The van der Waals surface area contributed by atoms with Crippen molar-refractivity contribution in [2.45, 2.75) is 6.54 Å². The van der Waals surface area contributed by atoms with Gasteiger partial charge in [-0.2, -0.15) is 0 Å². The topological polar surface area (TPSA) is 40.5 Å². The Hall–Kier alpha value is -0.650. The molecule has 0 radical (unpaired) electrons. The van der Waals surface area contributed by atoms with Gasteiger partial charge in [0, 0.05) is 13.6 Å². The number of halogens is 2. The molecule has 110 valence electrons. The first-order valence-corrected chi connectivity index (χ1v) is 9.17. The number of carbonyl (C=O) groups excluding carboxylic acids is 1. The normalized spacial score (nSPS) is 10.1. The van der Waals surface area contributed by atoms with Gasteiger partial charge in [-0.25, -0.2) is 0 Å². The zero-order valence-electron chi connectivity index (χ0n) is 11.0. The summed E-state index contributed by atoms with van der Waals surface area (Å²) in [5, 5.41) is 10.7. The molecule has 0 aromatic carbocycles. The van der Waals surface area contributed by atoms with E-state index < -0.39 is 0 Å². The first-order valence-electron chi connectivity index (χ1n) is 5.88. The van der Waals surface area contributed by atoms with Crippen molar-refractivity contribution >= 4 is 60.4 Å². The van der Waals surface area contributed by atoms with Crippen LogP contribution in [0, 0.1) is 11.8 Å². The molecule has 0 spiro atoms. The van der Waals surface area contributed by atoms with Gasteiger partial charge >= 0.3 is 0 Å². The lowest BCUT2D eigenvalue weighted by Crippen LogP contribution is -2.25. The SMILES string of the molecule is CN(Cc1csc(C#CCO)c1)C(=O)c1cc(Br)sc1Br. The highest BCUT2D eigenvalue weighted by Gasteiger charge is 2.18. The molecule has 2 rings (SSSR count). The minimum absolute atomic E-state index is 0.0296. The monoisotopic (exact) mass is 447 g/mol. The average molecular weight is 449 g/mol. The maximum absolute atomic E-state index is 12.4. The molecule has 0 aliphatic carbocycles. The van der Waals surface area contributed by atoms with E-state index in [0.29, 0.717) is 12.1 Å². The lowest BCUT2D eigenvalue weighted by molar-refractivity contribution is 0.0785. The van der Waals surface area contributed by atoms with Gasteiger partial charge in [0.15, 0.2) is 0 Å². The summed E-state index contributed by atoms with van der Waals surface area (Å²) < 4.78 is 1.74. The molecule has 1 amide bonds. The molecule has 2 heterocycles. The van der Waals surface area contributed by atoms with Crippen LogP contribution in [0.25, 0.3) is 0 Å². The third-order valence-corrected chi connectivity index (χ3v) is 5.83. The van der Waals surface area contributed by atoms with E-state index in [4.69, 9.17) is 5.11 Å². The summed E-state index contributed by atoms with van der Waals surface area (Å²) in [6, 6.07) is 3.76. The maximum atomic E-state index is 12.4. The zero-order valence-corrected chi connectivity index (χ0v) is 15.8. The van der Waals surface area contributed by atoms with Gasteiger partial charge in [0.25, 0.3) is 5.91 Å². The third kappa shape index (κ3) is 4.41. The maximum Gasteiger partial charge on any atom is 0.255 e. The Morgan fingerprint density at radius 3 is 2.81 bits per heavy atom. The van der Waals surface area contributed by atoms with Crippen molar-refractivity contribution in [1.29, 1.82) is 0 Å². The second kappa shape index (κ2) is 7.56. The van der Waals surface area contributed by atoms with Gasteiger partial charge in [-0.1, -0.05) is 11.8 Å². The molecule has 0 saturated carbocycles. The quantitative estimate of drug-likeness (QED) is 0.722. The Morgan fingerprint density at radius 1 is 1.43 bits per heavy atom. The van der Waals surface area contributed by atoms with Gasteiger partial charge in [-0.05, 0) is 54.9 Å². The smallest absolute Gasteiger partial charge is 0.255 e. The molecule has 0 bridgehead atoms. The van der Waals surface area contributed by atoms with E-state index in [9.17, 15) is 4.79 Å². The fourth-order valence-corrected chi connectivity index (χ4v) is 5.24. The summed E-state index contributed by atoms with van der Waals surface area (Å²) in [6.07, 6.45) is 0. The Labute approximate surface area is 147 Å². The van der Waals surface area contributed by atoms with E-state index in [1.807, 2.05) is 17.5 Å². The molecular formula is C14H11Br2NO2S2. The van der Waals surface area contributed by atoms with Crippen LogP contribution >= 0.6 is 54.5 Å². The molecule has 3 nitrogen and oxygen atoms in total. The summed E-state index contributed by atoms with van der Waals surface area (Å²) >= 11 is 9.77. The van der Waals surface area contributed by atoms with Crippen molar-refractivity contribution in [1.82, 2.24) is 4.90 Å². The fourth-order valence-electron chi connectivity index (χ4n) is 1.69. The molecular weight excluding hydrogens is 438 g/mol.